The summed E-state index contributed by atoms with van der Waals surface area (Å²) in [6, 6.07) is 0. The van der Waals surface area contributed by atoms with Crippen LogP contribution in [0.1, 0.15) is 46.9 Å². The number of unbranched alkanes of at least 4 members (excludes halogenated alkanes) is 4. The third-order valence-electron chi connectivity index (χ3n) is 2.19. The Morgan fingerprint density at radius 1 is 1.19 bits per heavy atom. The van der Waals surface area contributed by atoms with Crippen LogP contribution in [0.2, 0.25) is 0 Å². The molecule has 4 nitrogen and oxygen atoms in total. The van der Waals surface area contributed by atoms with E-state index < -0.39 is 6.10 Å². The summed E-state index contributed by atoms with van der Waals surface area (Å²) in [7, 11) is 0. The van der Waals surface area contributed by atoms with Gasteiger partial charge in [-0.2, -0.15) is 0 Å². The molecule has 0 rings (SSSR count). The second-order valence-corrected chi connectivity index (χ2v) is 3.64. The molecule has 0 aliphatic heterocycles. The first-order chi connectivity index (χ1) is 7.24. The van der Waals surface area contributed by atoms with Gasteiger partial charge in [-0.05, 0) is 6.42 Å². The molecule has 0 heterocycles. The number of carbonyl (C=O) groups is 1. The summed E-state index contributed by atoms with van der Waals surface area (Å²) in [5.74, 6) is -0.334. The molecule has 0 aromatic heterocycles. The molecule has 0 aromatic rings. The molecule has 0 bridgehead atoms. The number of rotatable bonds is 9. The summed E-state index contributed by atoms with van der Waals surface area (Å²) in [4.78, 5) is 11.2. The van der Waals surface area contributed by atoms with Crippen molar-refractivity contribution in [2.75, 3.05) is 13.2 Å². The van der Waals surface area contributed by atoms with Crippen LogP contribution in [0.5, 0.6) is 0 Å². The molecule has 0 aromatic carbocycles. The first kappa shape index (κ1) is 18.7. The molecule has 0 atom stereocenters. The fourth-order valence-corrected chi connectivity index (χ4v) is 1.25. The minimum absolute atomic E-state index is 0. The predicted octanol–water partition coefficient (Wildman–Crippen LogP) is -1.64. The second-order valence-electron chi connectivity index (χ2n) is 3.64. The molecule has 0 saturated carbocycles. The van der Waals surface area contributed by atoms with Crippen molar-refractivity contribution in [1.82, 2.24) is 0 Å². The molecule has 0 aliphatic carbocycles. The number of hydrogen-bond donors (Lipinski definition) is 2. The van der Waals surface area contributed by atoms with Gasteiger partial charge in [-0.3, -0.25) is 4.79 Å². The zero-order chi connectivity index (χ0) is 11.5. The molecule has 16 heavy (non-hydrogen) atoms. The van der Waals surface area contributed by atoms with E-state index in [4.69, 9.17) is 14.9 Å². The average molecular weight is 242 g/mol. The predicted molar refractivity (Wildman–Crippen MR) is 58.5 cm³/mol. The van der Waals surface area contributed by atoms with Crippen LogP contribution in [0.15, 0.2) is 0 Å². The van der Waals surface area contributed by atoms with Crippen molar-refractivity contribution >= 4 is 5.97 Å². The Labute approximate surface area is 121 Å². The summed E-state index contributed by atoms with van der Waals surface area (Å²) in [6.45, 7) is 1.50. The van der Waals surface area contributed by atoms with Crippen molar-refractivity contribution in [3.05, 3.63) is 0 Å². The van der Waals surface area contributed by atoms with Crippen LogP contribution < -0.4 is 29.6 Å². The van der Waals surface area contributed by atoms with Gasteiger partial charge in [-0.15, -0.1) is 0 Å². The molecule has 0 saturated heterocycles. The monoisotopic (exact) mass is 242 g/mol. The van der Waals surface area contributed by atoms with Crippen LogP contribution in [0.4, 0.5) is 0 Å². The smallest absolute Gasteiger partial charge is 1.00 e. The van der Waals surface area contributed by atoms with E-state index in [1.807, 2.05) is 0 Å². The van der Waals surface area contributed by atoms with Gasteiger partial charge in [-0.25, -0.2) is 0 Å². The Kier molecular flexibility index (Phi) is 15.8. The van der Waals surface area contributed by atoms with Crippen molar-refractivity contribution in [3.63, 3.8) is 0 Å². The summed E-state index contributed by atoms with van der Waals surface area (Å²) >= 11 is 0. The number of esters is 1. The van der Waals surface area contributed by atoms with Crippen LogP contribution in [0.3, 0.4) is 0 Å². The van der Waals surface area contributed by atoms with E-state index in [-0.39, 0.29) is 50.2 Å². The molecule has 2 N–H and O–H groups in total. The number of carbonyl (C=O) groups excluding carboxylic acids is 1. The molecule has 92 valence electrons. The minimum atomic E-state index is -0.756. The van der Waals surface area contributed by atoms with E-state index in [2.05, 4.69) is 6.92 Å². The fourth-order valence-electron chi connectivity index (χ4n) is 1.25. The van der Waals surface area contributed by atoms with Crippen LogP contribution >= 0.6 is 0 Å². The minimum Gasteiger partial charge on any atom is -1.00 e. The Morgan fingerprint density at radius 2 is 1.75 bits per heavy atom. The maximum absolute atomic E-state index is 11.2. The van der Waals surface area contributed by atoms with Gasteiger partial charge in [0.1, 0.15) is 6.10 Å². The number of aliphatic hydroxyl groups excluding tert-OH is 2. The summed E-state index contributed by atoms with van der Waals surface area (Å²) in [5.41, 5.74) is 0. The van der Waals surface area contributed by atoms with Gasteiger partial charge in [0, 0.05) is 6.42 Å². The normalized spacial score (nSPS) is 10.0. The maximum atomic E-state index is 11.2. The zero-order valence-electron chi connectivity index (χ0n) is 11.4. The van der Waals surface area contributed by atoms with Crippen LogP contribution in [0.25, 0.3) is 0 Å². The van der Waals surface area contributed by atoms with Crippen LogP contribution in [-0.2, 0) is 9.53 Å². The molecule has 0 fully saturated rings. The van der Waals surface area contributed by atoms with Crippen molar-refractivity contribution in [2.24, 2.45) is 0 Å². The van der Waals surface area contributed by atoms with E-state index in [0.717, 1.165) is 19.3 Å². The van der Waals surface area contributed by atoms with E-state index in [9.17, 15) is 4.79 Å². The SMILES string of the molecule is CCCCCCCC(=O)OC(CO)CO.[H-].[Na+]. The molecule has 0 amide bonds. The molecule has 5 heteroatoms. The molecule has 0 unspecified atom stereocenters. The van der Waals surface area contributed by atoms with Gasteiger partial charge < -0.3 is 16.4 Å². The Balaban J connectivity index is -0.000000980. The molecule has 0 radical (unpaired) electrons. The van der Waals surface area contributed by atoms with Crippen molar-refractivity contribution < 1.29 is 50.7 Å². The Hall–Kier alpha value is 0.390. The molecular weight excluding hydrogens is 219 g/mol. The molecule has 0 aliphatic rings. The number of aliphatic hydroxyl groups is 2. The first-order valence-electron chi connectivity index (χ1n) is 5.65. The van der Waals surface area contributed by atoms with Gasteiger partial charge >= 0.3 is 35.5 Å². The summed E-state index contributed by atoms with van der Waals surface area (Å²) in [6.07, 6.45) is 5.00. The third kappa shape index (κ3) is 10.9. The summed E-state index contributed by atoms with van der Waals surface area (Å²) < 4.78 is 4.82. The standard InChI is InChI=1S/C11H22O4.Na.H/c1-2-3-4-5-6-7-11(14)15-10(8-12)9-13;;/h10,12-13H,2-9H2,1H3;;/q;+1;-1. The van der Waals surface area contributed by atoms with Gasteiger partial charge in [0.25, 0.3) is 0 Å². The quantitative estimate of drug-likeness (QED) is 0.289. The fraction of sp³-hybridized carbons (Fsp3) is 0.909. The maximum Gasteiger partial charge on any atom is 1.00 e. The average Bonchev–Trinajstić information content (AvgIpc) is 2.25. The molecular formula is C11H23NaO4. The Morgan fingerprint density at radius 3 is 2.25 bits per heavy atom. The van der Waals surface area contributed by atoms with Crippen LogP contribution in [0, 0.1) is 0 Å². The zero-order valence-corrected chi connectivity index (χ0v) is 12.4. The van der Waals surface area contributed by atoms with E-state index >= 15 is 0 Å². The number of hydrogen-bond acceptors (Lipinski definition) is 4. The Bertz CT molecular complexity index is 166. The largest absolute Gasteiger partial charge is 1.00 e. The van der Waals surface area contributed by atoms with Crippen molar-refractivity contribution in [3.8, 4) is 0 Å². The van der Waals surface area contributed by atoms with Crippen molar-refractivity contribution in [2.45, 2.75) is 51.6 Å². The molecule has 0 spiro atoms. The van der Waals surface area contributed by atoms with E-state index in [1.165, 1.54) is 12.8 Å². The summed E-state index contributed by atoms with van der Waals surface area (Å²) in [5, 5.41) is 17.4. The van der Waals surface area contributed by atoms with E-state index in [0.29, 0.717) is 6.42 Å². The topological polar surface area (TPSA) is 66.8 Å². The van der Waals surface area contributed by atoms with Gasteiger partial charge in [0.2, 0.25) is 0 Å². The number of ether oxygens (including phenoxy) is 1. The van der Waals surface area contributed by atoms with E-state index in [1.54, 1.807) is 0 Å². The van der Waals surface area contributed by atoms with Crippen LogP contribution in [-0.4, -0.2) is 35.5 Å². The second kappa shape index (κ2) is 13.5. The van der Waals surface area contributed by atoms with Gasteiger partial charge in [0.15, 0.2) is 0 Å². The third-order valence-corrected chi connectivity index (χ3v) is 2.19. The first-order valence-corrected chi connectivity index (χ1v) is 5.65. The van der Waals surface area contributed by atoms with Gasteiger partial charge in [-0.1, -0.05) is 32.6 Å². The van der Waals surface area contributed by atoms with Crippen molar-refractivity contribution in [1.29, 1.82) is 0 Å². The van der Waals surface area contributed by atoms with Gasteiger partial charge in [0.05, 0.1) is 13.2 Å².